The second kappa shape index (κ2) is 7.02. The molecule has 0 unspecified atom stereocenters. The number of nitriles is 1. The number of anilines is 1. The van der Waals surface area contributed by atoms with Gasteiger partial charge in [0.15, 0.2) is 0 Å². The number of carbonyl (C=O) groups is 1. The fourth-order valence-corrected chi connectivity index (χ4v) is 2.75. The van der Waals surface area contributed by atoms with Crippen molar-refractivity contribution in [3.05, 3.63) is 77.1 Å². The molecule has 0 aliphatic rings. The Balaban J connectivity index is 1.77. The smallest absolute Gasteiger partial charge is 0.228 e. The van der Waals surface area contributed by atoms with Gasteiger partial charge in [-0.2, -0.15) is 10.4 Å². The van der Waals surface area contributed by atoms with Crippen LogP contribution >= 0.6 is 0 Å². The maximum atomic E-state index is 12.4. The first kappa shape index (κ1) is 16.5. The summed E-state index contributed by atoms with van der Waals surface area (Å²) in [5.41, 5.74) is 4.94. The van der Waals surface area contributed by atoms with Crippen LogP contribution in [0.3, 0.4) is 0 Å². The largest absolute Gasteiger partial charge is 0.326 e. The molecule has 0 radical (unpaired) electrons. The molecule has 1 amide bonds. The van der Waals surface area contributed by atoms with E-state index in [9.17, 15) is 4.79 Å². The molecule has 25 heavy (non-hydrogen) atoms. The van der Waals surface area contributed by atoms with Gasteiger partial charge in [-0.1, -0.05) is 18.2 Å². The van der Waals surface area contributed by atoms with Crippen LogP contribution in [0.5, 0.6) is 0 Å². The van der Waals surface area contributed by atoms with E-state index < -0.39 is 0 Å². The number of nitrogens with zero attached hydrogens (tertiary/aromatic N) is 3. The van der Waals surface area contributed by atoms with Crippen molar-refractivity contribution >= 4 is 11.6 Å². The van der Waals surface area contributed by atoms with E-state index in [0.29, 0.717) is 11.3 Å². The van der Waals surface area contributed by atoms with Gasteiger partial charge in [-0.15, -0.1) is 0 Å². The van der Waals surface area contributed by atoms with Gasteiger partial charge in [-0.25, -0.2) is 4.68 Å². The first-order valence-corrected chi connectivity index (χ1v) is 7.99. The van der Waals surface area contributed by atoms with E-state index >= 15 is 0 Å². The van der Waals surface area contributed by atoms with Crippen molar-refractivity contribution in [1.82, 2.24) is 9.78 Å². The number of hydrogen-bond acceptors (Lipinski definition) is 3. The molecule has 1 heterocycles. The number of carbonyl (C=O) groups excluding carboxylic acids is 1. The van der Waals surface area contributed by atoms with E-state index in [-0.39, 0.29) is 12.3 Å². The van der Waals surface area contributed by atoms with Crippen LogP contribution < -0.4 is 5.32 Å². The van der Waals surface area contributed by atoms with Crippen LogP contribution in [-0.4, -0.2) is 15.7 Å². The highest BCUT2D eigenvalue weighted by Crippen LogP contribution is 2.19. The number of hydrogen-bond donors (Lipinski definition) is 1. The second-order valence-corrected chi connectivity index (χ2v) is 5.81. The number of amides is 1. The third-order valence-corrected chi connectivity index (χ3v) is 4.08. The monoisotopic (exact) mass is 330 g/mol. The predicted octanol–water partition coefficient (Wildman–Crippen LogP) is 3.54. The Labute approximate surface area is 146 Å². The molecule has 1 aromatic heterocycles. The summed E-state index contributed by atoms with van der Waals surface area (Å²) in [4.78, 5) is 12.4. The maximum Gasteiger partial charge on any atom is 0.228 e. The van der Waals surface area contributed by atoms with E-state index in [2.05, 4.69) is 16.5 Å². The van der Waals surface area contributed by atoms with Gasteiger partial charge >= 0.3 is 0 Å². The Hall–Kier alpha value is -3.39. The minimum atomic E-state index is -0.108. The van der Waals surface area contributed by atoms with E-state index in [1.165, 1.54) is 0 Å². The Morgan fingerprint density at radius 3 is 2.44 bits per heavy atom. The molecule has 5 nitrogen and oxygen atoms in total. The zero-order valence-electron chi connectivity index (χ0n) is 14.2. The van der Waals surface area contributed by atoms with Gasteiger partial charge in [0, 0.05) is 16.9 Å². The lowest BCUT2D eigenvalue weighted by atomic mass is 10.1. The predicted molar refractivity (Wildman–Crippen MR) is 96.5 cm³/mol. The summed E-state index contributed by atoms with van der Waals surface area (Å²) < 4.78 is 1.86. The van der Waals surface area contributed by atoms with Crippen molar-refractivity contribution in [2.75, 3.05) is 5.32 Å². The molecular formula is C20H18N4O. The highest BCUT2D eigenvalue weighted by Gasteiger charge is 2.16. The molecule has 0 spiro atoms. The van der Waals surface area contributed by atoms with Crippen molar-refractivity contribution in [1.29, 1.82) is 5.26 Å². The SMILES string of the molecule is Cc1nn(-c2ccccc2)c(C)c1CC(=O)Nc1ccc(C#N)cc1. The average molecular weight is 330 g/mol. The fourth-order valence-electron chi connectivity index (χ4n) is 2.75. The summed E-state index contributed by atoms with van der Waals surface area (Å²) >= 11 is 0. The highest BCUT2D eigenvalue weighted by atomic mass is 16.1. The Bertz CT molecular complexity index is 934. The molecule has 0 bridgehead atoms. The highest BCUT2D eigenvalue weighted by molar-refractivity contribution is 5.92. The lowest BCUT2D eigenvalue weighted by Crippen LogP contribution is -2.15. The molecular weight excluding hydrogens is 312 g/mol. The third kappa shape index (κ3) is 3.59. The minimum Gasteiger partial charge on any atom is -0.326 e. The standard InChI is InChI=1S/C20H18N4O/c1-14-19(15(2)24(23-14)18-6-4-3-5-7-18)12-20(25)22-17-10-8-16(13-21)9-11-17/h3-11H,12H2,1-2H3,(H,22,25). The normalized spacial score (nSPS) is 10.3. The molecule has 0 saturated heterocycles. The molecule has 0 fully saturated rings. The van der Waals surface area contributed by atoms with Gasteiger partial charge < -0.3 is 5.32 Å². The van der Waals surface area contributed by atoms with Crippen LogP contribution in [0.1, 0.15) is 22.5 Å². The Kier molecular flexibility index (Phi) is 4.62. The van der Waals surface area contributed by atoms with Gasteiger partial charge in [0.25, 0.3) is 0 Å². The van der Waals surface area contributed by atoms with Crippen LogP contribution in [0.4, 0.5) is 5.69 Å². The van der Waals surface area contributed by atoms with Gasteiger partial charge in [0.2, 0.25) is 5.91 Å². The van der Waals surface area contributed by atoms with Crippen LogP contribution in [0.2, 0.25) is 0 Å². The van der Waals surface area contributed by atoms with Crippen LogP contribution in [0, 0.1) is 25.2 Å². The number of para-hydroxylation sites is 1. The molecule has 2 aromatic carbocycles. The van der Waals surface area contributed by atoms with Crippen LogP contribution in [0.15, 0.2) is 54.6 Å². The van der Waals surface area contributed by atoms with Crippen LogP contribution in [-0.2, 0) is 11.2 Å². The first-order valence-electron chi connectivity index (χ1n) is 7.99. The van der Waals surface area contributed by atoms with Crippen molar-refractivity contribution in [2.24, 2.45) is 0 Å². The zero-order valence-corrected chi connectivity index (χ0v) is 14.2. The summed E-state index contributed by atoms with van der Waals surface area (Å²) in [6.45, 7) is 3.88. The minimum absolute atomic E-state index is 0.108. The van der Waals surface area contributed by atoms with Gasteiger partial charge in [0.05, 0.1) is 29.4 Å². The zero-order chi connectivity index (χ0) is 17.8. The Morgan fingerprint density at radius 1 is 1.12 bits per heavy atom. The molecule has 3 rings (SSSR count). The summed E-state index contributed by atoms with van der Waals surface area (Å²) in [7, 11) is 0. The van der Waals surface area contributed by atoms with Gasteiger partial charge in [-0.05, 0) is 50.2 Å². The van der Waals surface area contributed by atoms with E-state index in [0.717, 1.165) is 22.6 Å². The van der Waals surface area contributed by atoms with Crippen molar-refractivity contribution in [3.8, 4) is 11.8 Å². The summed E-state index contributed by atoms with van der Waals surface area (Å²) in [5.74, 6) is -0.108. The van der Waals surface area contributed by atoms with E-state index in [1.807, 2.05) is 48.9 Å². The van der Waals surface area contributed by atoms with Crippen molar-refractivity contribution in [2.45, 2.75) is 20.3 Å². The molecule has 0 aliphatic heterocycles. The number of nitrogens with one attached hydrogen (secondary N) is 1. The number of rotatable bonds is 4. The number of aromatic nitrogens is 2. The van der Waals surface area contributed by atoms with Crippen LogP contribution in [0.25, 0.3) is 5.69 Å². The molecule has 1 N–H and O–H groups in total. The number of aryl methyl sites for hydroxylation is 1. The summed E-state index contributed by atoms with van der Waals surface area (Å²) in [6, 6.07) is 18.7. The average Bonchev–Trinajstić information content (AvgIpc) is 2.91. The number of benzene rings is 2. The molecule has 0 atom stereocenters. The van der Waals surface area contributed by atoms with Gasteiger partial charge in [0.1, 0.15) is 0 Å². The lowest BCUT2D eigenvalue weighted by molar-refractivity contribution is -0.115. The first-order chi connectivity index (χ1) is 12.1. The molecule has 5 heteroatoms. The second-order valence-electron chi connectivity index (χ2n) is 5.81. The molecule has 0 saturated carbocycles. The van der Waals surface area contributed by atoms with Crippen molar-refractivity contribution in [3.63, 3.8) is 0 Å². The topological polar surface area (TPSA) is 70.7 Å². The fraction of sp³-hybridized carbons (Fsp3) is 0.150. The molecule has 0 aliphatic carbocycles. The summed E-state index contributed by atoms with van der Waals surface area (Å²) in [6.07, 6.45) is 0.254. The Morgan fingerprint density at radius 2 is 1.80 bits per heavy atom. The summed E-state index contributed by atoms with van der Waals surface area (Å²) in [5, 5.41) is 16.2. The van der Waals surface area contributed by atoms with E-state index in [1.54, 1.807) is 24.3 Å². The van der Waals surface area contributed by atoms with Gasteiger partial charge in [-0.3, -0.25) is 4.79 Å². The third-order valence-electron chi connectivity index (χ3n) is 4.08. The quantitative estimate of drug-likeness (QED) is 0.795. The van der Waals surface area contributed by atoms with E-state index in [4.69, 9.17) is 5.26 Å². The van der Waals surface area contributed by atoms with Crippen molar-refractivity contribution < 1.29 is 4.79 Å². The maximum absolute atomic E-state index is 12.4. The molecule has 3 aromatic rings. The molecule has 124 valence electrons. The lowest BCUT2D eigenvalue weighted by Gasteiger charge is -2.07.